The first-order valence-electron chi connectivity index (χ1n) is 10.4. The van der Waals surface area contributed by atoms with Crippen LogP contribution in [-0.4, -0.2) is 30.6 Å². The Morgan fingerprint density at radius 3 is 2.18 bits per heavy atom. The molecule has 0 atom stereocenters. The molecule has 0 saturated heterocycles. The predicted molar refractivity (Wildman–Crippen MR) is 133 cm³/mol. The van der Waals surface area contributed by atoms with Crippen molar-refractivity contribution in [1.29, 1.82) is 5.41 Å². The van der Waals surface area contributed by atoms with Crippen molar-refractivity contribution in [2.45, 2.75) is 13.8 Å². The van der Waals surface area contributed by atoms with Gasteiger partial charge in [-0.1, -0.05) is 30.9 Å². The highest BCUT2D eigenvalue weighted by Gasteiger charge is 2.21. The number of amides is 1. The van der Waals surface area contributed by atoms with E-state index in [2.05, 4.69) is 11.9 Å². The lowest BCUT2D eigenvalue weighted by atomic mass is 9.89. The molecule has 172 valence electrons. The molecule has 0 aliphatic carbocycles. The number of nitrogens with one attached hydrogen (secondary N) is 2. The highest BCUT2D eigenvalue weighted by Crippen LogP contribution is 2.32. The van der Waals surface area contributed by atoms with E-state index in [4.69, 9.17) is 15.9 Å². The Hall–Kier alpha value is -4.52. The summed E-state index contributed by atoms with van der Waals surface area (Å²) in [6, 6.07) is 14.8. The van der Waals surface area contributed by atoms with Crippen LogP contribution in [0.1, 0.15) is 54.7 Å². The van der Waals surface area contributed by atoms with E-state index in [0.717, 1.165) is 11.1 Å². The third kappa shape index (κ3) is 4.94. The van der Waals surface area contributed by atoms with E-state index in [1.165, 1.54) is 20.1 Å². The number of hydrogen-bond donors (Lipinski definition) is 3. The van der Waals surface area contributed by atoms with E-state index < -0.39 is 11.9 Å². The lowest BCUT2D eigenvalue weighted by Gasteiger charge is -2.16. The van der Waals surface area contributed by atoms with Gasteiger partial charge in [-0.15, -0.1) is 0 Å². The van der Waals surface area contributed by atoms with Crippen LogP contribution in [0.25, 0.3) is 17.2 Å². The zero-order valence-corrected chi connectivity index (χ0v) is 19.2. The second-order valence-electron chi connectivity index (χ2n) is 7.71. The molecule has 0 spiro atoms. The van der Waals surface area contributed by atoms with Crippen molar-refractivity contribution in [2.75, 3.05) is 12.4 Å². The number of anilines is 1. The second-order valence-corrected chi connectivity index (χ2v) is 7.71. The zero-order valence-electron chi connectivity index (χ0n) is 19.2. The van der Waals surface area contributed by atoms with Gasteiger partial charge in [0, 0.05) is 22.4 Å². The molecule has 0 radical (unpaired) electrons. The summed E-state index contributed by atoms with van der Waals surface area (Å²) >= 11 is 0. The van der Waals surface area contributed by atoms with Crippen LogP contribution in [0.2, 0.25) is 0 Å². The average molecular weight is 456 g/mol. The van der Waals surface area contributed by atoms with E-state index >= 15 is 0 Å². The van der Waals surface area contributed by atoms with Crippen LogP contribution in [0.3, 0.4) is 0 Å². The van der Waals surface area contributed by atoms with Crippen molar-refractivity contribution < 1.29 is 19.1 Å². The minimum absolute atomic E-state index is 0.0707. The van der Waals surface area contributed by atoms with Gasteiger partial charge >= 0.3 is 5.97 Å². The van der Waals surface area contributed by atoms with E-state index in [9.17, 15) is 14.4 Å². The van der Waals surface area contributed by atoms with Gasteiger partial charge in [0.1, 0.15) is 5.84 Å². The molecular formula is C27H25N3O4. The highest BCUT2D eigenvalue weighted by molar-refractivity contribution is 6.11. The summed E-state index contributed by atoms with van der Waals surface area (Å²) in [5.74, 6) is -1.28. The molecule has 0 bridgehead atoms. The second kappa shape index (κ2) is 9.95. The summed E-state index contributed by atoms with van der Waals surface area (Å²) < 4.78 is 4.94. The molecule has 3 rings (SSSR count). The molecule has 3 aromatic carbocycles. The molecule has 0 saturated carbocycles. The number of nitrogens with two attached hydrogens (primary N) is 1. The minimum atomic E-state index is -0.616. The maximum atomic E-state index is 13.3. The van der Waals surface area contributed by atoms with Gasteiger partial charge < -0.3 is 15.8 Å². The predicted octanol–water partition coefficient (Wildman–Crippen LogP) is 4.83. The lowest BCUT2D eigenvalue weighted by Crippen LogP contribution is -2.15. The van der Waals surface area contributed by atoms with Gasteiger partial charge in [0.15, 0.2) is 5.78 Å². The zero-order chi connectivity index (χ0) is 25.0. The Labute approximate surface area is 197 Å². The first-order chi connectivity index (χ1) is 16.2. The number of amidine groups is 1. The van der Waals surface area contributed by atoms with Crippen molar-refractivity contribution in [2.24, 2.45) is 5.73 Å². The van der Waals surface area contributed by atoms with Crippen LogP contribution in [0.5, 0.6) is 0 Å². The van der Waals surface area contributed by atoms with E-state index in [0.29, 0.717) is 33.5 Å². The maximum absolute atomic E-state index is 13.3. The summed E-state index contributed by atoms with van der Waals surface area (Å²) in [7, 11) is 1.26. The van der Waals surface area contributed by atoms with Crippen molar-refractivity contribution in [1.82, 2.24) is 0 Å². The van der Waals surface area contributed by atoms with Crippen molar-refractivity contribution in [3.05, 3.63) is 94.6 Å². The molecule has 1 amide bonds. The number of aryl methyl sites for hydroxylation is 1. The number of esters is 1. The van der Waals surface area contributed by atoms with Crippen LogP contribution in [0.4, 0.5) is 5.69 Å². The molecule has 0 aliphatic heterocycles. The fraction of sp³-hybridized carbons (Fsp3) is 0.111. The summed E-state index contributed by atoms with van der Waals surface area (Å²) in [5.41, 5.74) is 10.0. The van der Waals surface area contributed by atoms with Gasteiger partial charge in [-0.05, 0) is 72.5 Å². The van der Waals surface area contributed by atoms with Crippen molar-refractivity contribution in [3.63, 3.8) is 0 Å². The van der Waals surface area contributed by atoms with Crippen LogP contribution < -0.4 is 11.1 Å². The summed E-state index contributed by atoms with van der Waals surface area (Å²) in [6.45, 7) is 7.11. The van der Waals surface area contributed by atoms with Crippen LogP contribution >= 0.6 is 0 Å². The molecule has 0 heterocycles. The monoisotopic (exact) mass is 455 g/mol. The molecule has 7 nitrogen and oxygen atoms in total. The third-order valence-electron chi connectivity index (χ3n) is 5.45. The number of Topliss-reactive ketones (excluding diaryl/α,β-unsaturated/α-hetero) is 1. The summed E-state index contributed by atoms with van der Waals surface area (Å²) in [6.07, 6.45) is 1.65. The number of hydrogen-bond acceptors (Lipinski definition) is 5. The van der Waals surface area contributed by atoms with Crippen LogP contribution in [0.15, 0.2) is 61.2 Å². The number of ether oxygens (including phenoxy) is 1. The Balaban J connectivity index is 2.16. The number of benzene rings is 3. The van der Waals surface area contributed by atoms with E-state index in [1.807, 2.05) is 6.92 Å². The smallest absolute Gasteiger partial charge is 0.338 e. The van der Waals surface area contributed by atoms with Gasteiger partial charge in [0.2, 0.25) is 0 Å². The van der Waals surface area contributed by atoms with E-state index in [1.54, 1.807) is 54.6 Å². The molecule has 3 aromatic rings. The van der Waals surface area contributed by atoms with Gasteiger partial charge in [0.25, 0.3) is 5.91 Å². The molecule has 0 unspecified atom stereocenters. The number of ketones is 1. The van der Waals surface area contributed by atoms with Crippen LogP contribution in [0, 0.1) is 12.3 Å². The molecule has 0 aromatic heterocycles. The first kappa shape index (κ1) is 24.1. The molecule has 0 fully saturated rings. The average Bonchev–Trinajstić information content (AvgIpc) is 2.83. The first-order valence-corrected chi connectivity index (χ1v) is 10.4. The van der Waals surface area contributed by atoms with Crippen LogP contribution in [-0.2, 0) is 4.74 Å². The summed E-state index contributed by atoms with van der Waals surface area (Å²) in [4.78, 5) is 37.8. The quantitative estimate of drug-likeness (QED) is 0.204. The molecule has 34 heavy (non-hydrogen) atoms. The lowest BCUT2D eigenvalue weighted by molar-refractivity contribution is 0.0601. The van der Waals surface area contributed by atoms with E-state index in [-0.39, 0.29) is 17.2 Å². The fourth-order valence-electron chi connectivity index (χ4n) is 3.56. The maximum Gasteiger partial charge on any atom is 0.338 e. The highest BCUT2D eigenvalue weighted by atomic mass is 16.5. The normalized spacial score (nSPS) is 10.3. The van der Waals surface area contributed by atoms with Gasteiger partial charge in [0.05, 0.1) is 12.7 Å². The standard InChI is InChI=1S/C27H25N3O4/c1-5-17-13-23(26(32)30-20-9-6-18(7-10-20)25(28)29)22(12-15(17)2)21-11-8-19(16(3)31)14-24(21)27(33)34-4/h5-14H,1H2,2-4H3,(H3,28,29)(H,30,32). The minimum Gasteiger partial charge on any atom is -0.465 e. The SMILES string of the molecule is C=Cc1cc(C(=O)Nc2ccc(C(=N)N)cc2)c(-c2ccc(C(C)=O)cc2C(=O)OC)cc1C. The van der Waals surface area contributed by atoms with Gasteiger partial charge in [-0.2, -0.15) is 0 Å². The number of carbonyl (C=O) groups excluding carboxylic acids is 3. The van der Waals surface area contributed by atoms with Crippen molar-refractivity contribution >= 4 is 35.3 Å². The number of nitrogen functional groups attached to an aromatic ring is 1. The number of rotatable bonds is 7. The molecule has 0 aliphatic rings. The third-order valence-corrected chi connectivity index (χ3v) is 5.45. The fourth-order valence-corrected chi connectivity index (χ4v) is 3.56. The topological polar surface area (TPSA) is 122 Å². The van der Waals surface area contributed by atoms with Gasteiger partial charge in [-0.25, -0.2) is 4.79 Å². The van der Waals surface area contributed by atoms with Gasteiger partial charge in [-0.3, -0.25) is 15.0 Å². The molecular weight excluding hydrogens is 430 g/mol. The van der Waals surface area contributed by atoms with Crippen molar-refractivity contribution in [3.8, 4) is 11.1 Å². The largest absolute Gasteiger partial charge is 0.465 e. The Kier molecular flexibility index (Phi) is 7.06. The number of methoxy groups -OCH3 is 1. The number of carbonyl (C=O) groups is 3. The Morgan fingerprint density at radius 1 is 0.971 bits per heavy atom. The summed E-state index contributed by atoms with van der Waals surface area (Å²) in [5, 5.41) is 10.3. The Bertz CT molecular complexity index is 1320. The Morgan fingerprint density at radius 2 is 1.62 bits per heavy atom. The molecule has 7 heteroatoms. The molecule has 4 N–H and O–H groups in total.